The summed E-state index contributed by atoms with van der Waals surface area (Å²) >= 11 is 0. The molecule has 2 unspecified atom stereocenters. The van der Waals surface area contributed by atoms with E-state index in [1.807, 2.05) is 0 Å². The predicted molar refractivity (Wildman–Crippen MR) is 386 cm³/mol. The Balaban J connectivity index is 5.26. The van der Waals surface area contributed by atoms with Crippen molar-refractivity contribution in [3.05, 3.63) is 48.6 Å². The van der Waals surface area contributed by atoms with Gasteiger partial charge in [-0.1, -0.05) is 301 Å². The van der Waals surface area contributed by atoms with Crippen molar-refractivity contribution in [3.63, 3.8) is 0 Å². The number of hydrogen-bond donors (Lipinski definition) is 3. The molecule has 0 bridgehead atoms. The molecule has 0 aromatic rings. The van der Waals surface area contributed by atoms with Crippen LogP contribution in [0.3, 0.4) is 0 Å². The van der Waals surface area contributed by atoms with E-state index in [1.165, 1.54) is 141 Å². The summed E-state index contributed by atoms with van der Waals surface area (Å²) in [6, 6.07) is 0. The summed E-state index contributed by atoms with van der Waals surface area (Å²) in [6.45, 7) is 4.81. The van der Waals surface area contributed by atoms with E-state index in [0.717, 1.165) is 135 Å². The van der Waals surface area contributed by atoms with E-state index in [0.29, 0.717) is 25.7 Å². The van der Waals surface area contributed by atoms with Crippen molar-refractivity contribution in [1.29, 1.82) is 0 Å². The van der Waals surface area contributed by atoms with Crippen LogP contribution in [0.2, 0.25) is 0 Å². The van der Waals surface area contributed by atoms with Crippen molar-refractivity contribution in [3.8, 4) is 0 Å². The van der Waals surface area contributed by atoms with E-state index < -0.39 is 97.5 Å². The van der Waals surface area contributed by atoms with Crippen molar-refractivity contribution in [2.45, 2.75) is 373 Å². The van der Waals surface area contributed by atoms with E-state index in [2.05, 4.69) is 76.3 Å². The molecule has 95 heavy (non-hydrogen) atoms. The average molecular weight is 1390 g/mol. The highest BCUT2D eigenvalue weighted by Gasteiger charge is 2.30. The minimum atomic E-state index is -4.97. The Morgan fingerprint density at radius 1 is 0.295 bits per heavy atom. The van der Waals surface area contributed by atoms with Crippen LogP contribution in [0.1, 0.15) is 355 Å². The molecule has 0 aliphatic heterocycles. The summed E-state index contributed by atoms with van der Waals surface area (Å²) in [7, 11) is -9.93. The molecule has 0 radical (unpaired) electrons. The Morgan fingerprint density at radius 2 is 0.505 bits per heavy atom. The second-order valence-corrected chi connectivity index (χ2v) is 28.9. The van der Waals surface area contributed by atoms with E-state index in [4.69, 9.17) is 37.0 Å². The van der Waals surface area contributed by atoms with Crippen LogP contribution >= 0.6 is 15.6 Å². The van der Waals surface area contributed by atoms with Gasteiger partial charge < -0.3 is 33.8 Å². The molecule has 0 spiro atoms. The fraction of sp³-hybridized carbons (Fsp3) is 0.842. The van der Waals surface area contributed by atoms with Crippen LogP contribution < -0.4 is 0 Å². The number of allylic oxidation sites excluding steroid dienone is 8. The van der Waals surface area contributed by atoms with Gasteiger partial charge in [-0.15, -0.1) is 0 Å². The molecule has 0 amide bonds. The van der Waals surface area contributed by atoms with Gasteiger partial charge in [0, 0.05) is 25.7 Å². The Labute approximate surface area is 578 Å². The number of phosphoric acid groups is 2. The van der Waals surface area contributed by atoms with E-state index in [1.54, 1.807) is 0 Å². The largest absolute Gasteiger partial charge is 0.472 e. The van der Waals surface area contributed by atoms with Gasteiger partial charge >= 0.3 is 39.5 Å². The van der Waals surface area contributed by atoms with Gasteiger partial charge in [-0.2, -0.15) is 0 Å². The molecule has 0 aromatic carbocycles. The molecule has 0 aliphatic carbocycles. The van der Waals surface area contributed by atoms with E-state index in [9.17, 15) is 43.2 Å². The van der Waals surface area contributed by atoms with Crippen LogP contribution in [0.25, 0.3) is 0 Å². The molecule has 0 fully saturated rings. The zero-order valence-corrected chi connectivity index (χ0v) is 62.4. The Hall–Kier alpha value is -2.98. The first-order valence-electron chi connectivity index (χ1n) is 38.4. The lowest BCUT2D eigenvalue weighted by molar-refractivity contribution is -0.161. The molecule has 0 heterocycles. The van der Waals surface area contributed by atoms with Crippen LogP contribution in [0, 0.1) is 0 Å². The number of phosphoric ester groups is 2. The number of unbranched alkanes of at least 4 members (excludes halogenated alkanes) is 41. The predicted octanol–water partition coefficient (Wildman–Crippen LogP) is 21.7. The molecule has 0 aromatic heterocycles. The number of esters is 4. The van der Waals surface area contributed by atoms with Gasteiger partial charge in [-0.3, -0.25) is 37.3 Å². The molecule has 556 valence electrons. The maximum atomic E-state index is 13.1. The van der Waals surface area contributed by atoms with Crippen LogP contribution in [-0.4, -0.2) is 96.7 Å². The first-order chi connectivity index (χ1) is 46.2. The number of carbonyl (C=O) groups excluding carboxylic acids is 4. The number of aliphatic hydroxyl groups excluding tert-OH is 1. The molecule has 17 nitrogen and oxygen atoms in total. The minimum Gasteiger partial charge on any atom is -0.462 e. The van der Waals surface area contributed by atoms with E-state index in [-0.39, 0.29) is 25.7 Å². The van der Waals surface area contributed by atoms with Crippen molar-refractivity contribution in [2.75, 3.05) is 39.6 Å². The maximum absolute atomic E-state index is 13.1. The summed E-state index contributed by atoms with van der Waals surface area (Å²) in [6.07, 6.45) is 65.5. The van der Waals surface area contributed by atoms with Gasteiger partial charge in [0.25, 0.3) is 0 Å². The molecular weight excluding hydrogens is 1250 g/mol. The zero-order valence-electron chi connectivity index (χ0n) is 60.6. The fourth-order valence-electron chi connectivity index (χ4n) is 10.7. The average Bonchev–Trinajstić information content (AvgIpc) is 1.86. The first-order valence-corrected chi connectivity index (χ1v) is 41.4. The number of rotatable bonds is 73. The van der Waals surface area contributed by atoms with Crippen LogP contribution in [0.15, 0.2) is 48.6 Å². The van der Waals surface area contributed by atoms with Crippen molar-refractivity contribution in [2.24, 2.45) is 0 Å². The Kier molecular flexibility index (Phi) is 67.3. The topological polar surface area (TPSA) is 237 Å². The number of carbonyl (C=O) groups is 4. The zero-order chi connectivity index (χ0) is 69.7. The first kappa shape index (κ1) is 92.0. The summed E-state index contributed by atoms with van der Waals surface area (Å²) in [5, 5.41) is 10.6. The van der Waals surface area contributed by atoms with Crippen LogP contribution in [0.5, 0.6) is 0 Å². The third-order valence-corrected chi connectivity index (χ3v) is 18.5. The molecule has 0 saturated carbocycles. The lowest BCUT2D eigenvalue weighted by Gasteiger charge is -2.21. The molecule has 3 N–H and O–H groups in total. The van der Waals surface area contributed by atoms with E-state index >= 15 is 0 Å². The highest BCUT2D eigenvalue weighted by atomic mass is 31.2. The molecular formula is C76H140O17P2. The van der Waals surface area contributed by atoms with Crippen LogP contribution in [-0.2, 0) is 65.4 Å². The van der Waals surface area contributed by atoms with Gasteiger partial charge in [0.05, 0.1) is 26.4 Å². The quantitative estimate of drug-likeness (QED) is 0.0169. The SMILES string of the molecule is CCCCCC/C=C\C=C/CCCCCCCC(=O)OC[C@H](COP(=O)(O)OC[C@@H](O)COP(=O)(O)OC[C@@H](COC(=O)CCCCCCCCC)OC(=O)CCCCCCC/C=C\C=C/CCCCCC)OC(=O)CCCCCCCCCCCCCCCCCCCC. The Bertz CT molecular complexity index is 2000. The third-order valence-electron chi connectivity index (χ3n) is 16.6. The molecule has 19 heteroatoms. The standard InChI is InChI=1S/C76H140O17P2/c1-5-9-13-17-21-24-27-30-33-34-35-38-41-44-47-51-55-59-63-76(81)93-72(67-87-74(79)61-57-53-49-45-42-39-36-31-28-25-22-18-14-10-6-2)69-91-95(84,85)89-65-70(77)64-88-94(82,83)90-68-71(66-86-73(78)60-56-52-48-20-16-12-8-4)92-75(80)62-58-54-50-46-43-40-37-32-29-26-23-19-15-11-7-3/h25-26,28-29,31-32,36-37,70-72,77H,5-24,27,30,33-35,38-69H2,1-4H3,(H,82,83)(H,84,85)/b28-25-,29-26-,36-31-,37-32-/t70-,71+,72+/m0/s1. The van der Waals surface area contributed by atoms with Gasteiger partial charge in [0.2, 0.25) is 0 Å². The second-order valence-electron chi connectivity index (χ2n) is 26.0. The number of hydrogen-bond acceptors (Lipinski definition) is 15. The molecule has 0 saturated heterocycles. The van der Waals surface area contributed by atoms with Crippen LogP contribution in [0.4, 0.5) is 0 Å². The number of ether oxygens (including phenoxy) is 4. The summed E-state index contributed by atoms with van der Waals surface area (Å²) in [4.78, 5) is 72.6. The summed E-state index contributed by atoms with van der Waals surface area (Å²) < 4.78 is 68.3. The normalized spacial score (nSPS) is 14.2. The molecule has 0 aliphatic rings. The van der Waals surface area contributed by atoms with Gasteiger partial charge in [0.1, 0.15) is 19.3 Å². The smallest absolute Gasteiger partial charge is 0.462 e. The highest BCUT2D eigenvalue weighted by Crippen LogP contribution is 2.45. The highest BCUT2D eigenvalue weighted by molar-refractivity contribution is 7.47. The van der Waals surface area contributed by atoms with Gasteiger partial charge in [0.15, 0.2) is 12.2 Å². The minimum absolute atomic E-state index is 0.0827. The molecule has 5 atom stereocenters. The summed E-state index contributed by atoms with van der Waals surface area (Å²) in [5.41, 5.74) is 0. The number of aliphatic hydroxyl groups is 1. The monoisotopic (exact) mass is 1390 g/mol. The van der Waals surface area contributed by atoms with Gasteiger partial charge in [-0.25, -0.2) is 9.13 Å². The van der Waals surface area contributed by atoms with Crippen molar-refractivity contribution >= 4 is 39.5 Å². The molecule has 0 rings (SSSR count). The van der Waals surface area contributed by atoms with Crippen molar-refractivity contribution in [1.82, 2.24) is 0 Å². The third kappa shape index (κ3) is 69.3. The lowest BCUT2D eigenvalue weighted by Crippen LogP contribution is -2.30. The summed E-state index contributed by atoms with van der Waals surface area (Å²) in [5.74, 6) is -2.18. The van der Waals surface area contributed by atoms with Gasteiger partial charge in [-0.05, 0) is 77.0 Å². The van der Waals surface area contributed by atoms with Crippen molar-refractivity contribution < 1.29 is 80.2 Å². The Morgan fingerprint density at radius 3 is 0.768 bits per heavy atom. The fourth-order valence-corrected chi connectivity index (χ4v) is 12.3. The maximum Gasteiger partial charge on any atom is 0.472 e. The lowest BCUT2D eigenvalue weighted by atomic mass is 10.0. The second kappa shape index (κ2) is 69.5.